The Hall–Kier alpha value is -2.11. The first-order valence-electron chi connectivity index (χ1n) is 8.88. The number of carbonyl (C=O) groups excluding carboxylic acids is 1. The largest absolute Gasteiger partial charge is 0.495 e. The molecule has 2 fully saturated rings. The van der Waals surface area contributed by atoms with Gasteiger partial charge < -0.3 is 25.0 Å². The molecular formula is C19H29N3O3. The van der Waals surface area contributed by atoms with Crippen LogP contribution < -0.4 is 15.4 Å². The number of nitrogens with zero attached hydrogens (tertiary/aromatic N) is 2. The average molecular weight is 347 g/mol. The number of likely N-dealkylation sites (tertiary alicyclic amines) is 1. The van der Waals surface area contributed by atoms with Gasteiger partial charge in [0.15, 0.2) is 0 Å². The summed E-state index contributed by atoms with van der Waals surface area (Å²) >= 11 is 0. The standard InChI is InChI=1S/C19H29N3O3/c1-18(2,3)25-17(23)21-9-7-19(8-10-21)12-22(13-19)14-5-6-15(20)16(11-14)24-4/h5-6,11H,7-10,12-13,20H2,1-4H3. The van der Waals surface area contributed by atoms with Crippen molar-refractivity contribution in [3.8, 4) is 5.75 Å². The third-order valence-corrected chi connectivity index (χ3v) is 5.11. The van der Waals surface area contributed by atoms with Gasteiger partial charge in [-0.1, -0.05) is 0 Å². The van der Waals surface area contributed by atoms with Gasteiger partial charge in [0.05, 0.1) is 12.8 Å². The Bertz CT molecular complexity index is 638. The highest BCUT2D eigenvalue weighted by atomic mass is 16.6. The third-order valence-electron chi connectivity index (χ3n) is 5.11. The number of amides is 1. The van der Waals surface area contributed by atoms with Crippen molar-refractivity contribution < 1.29 is 14.3 Å². The summed E-state index contributed by atoms with van der Waals surface area (Å²) in [7, 11) is 1.64. The Kier molecular flexibility index (Phi) is 4.47. The molecule has 2 N–H and O–H groups in total. The van der Waals surface area contributed by atoms with E-state index in [1.807, 2.05) is 43.9 Å². The van der Waals surface area contributed by atoms with Crippen molar-refractivity contribution in [2.24, 2.45) is 5.41 Å². The van der Waals surface area contributed by atoms with E-state index in [0.29, 0.717) is 11.1 Å². The molecule has 3 rings (SSSR count). The second-order valence-corrected chi connectivity index (χ2v) is 8.25. The van der Waals surface area contributed by atoms with E-state index in [2.05, 4.69) is 4.90 Å². The lowest BCUT2D eigenvalue weighted by Crippen LogP contribution is -2.61. The van der Waals surface area contributed by atoms with Gasteiger partial charge in [0.2, 0.25) is 0 Å². The molecule has 2 saturated heterocycles. The smallest absolute Gasteiger partial charge is 0.410 e. The summed E-state index contributed by atoms with van der Waals surface area (Å²) in [6.07, 6.45) is 1.85. The van der Waals surface area contributed by atoms with E-state index in [4.69, 9.17) is 15.2 Å². The summed E-state index contributed by atoms with van der Waals surface area (Å²) in [4.78, 5) is 16.4. The van der Waals surface area contributed by atoms with E-state index >= 15 is 0 Å². The van der Waals surface area contributed by atoms with Crippen LogP contribution >= 0.6 is 0 Å². The van der Waals surface area contributed by atoms with Crippen molar-refractivity contribution in [1.29, 1.82) is 0 Å². The number of rotatable bonds is 2. The van der Waals surface area contributed by atoms with Crippen LogP contribution in [0.1, 0.15) is 33.6 Å². The molecule has 1 spiro atoms. The number of nitrogen functional groups attached to an aromatic ring is 1. The number of hydrogen-bond acceptors (Lipinski definition) is 5. The van der Waals surface area contributed by atoms with E-state index in [1.165, 1.54) is 0 Å². The normalized spacial score (nSPS) is 19.5. The topological polar surface area (TPSA) is 68.0 Å². The highest BCUT2D eigenvalue weighted by Gasteiger charge is 2.46. The third kappa shape index (κ3) is 3.78. The van der Waals surface area contributed by atoms with Crippen LogP contribution in [0.2, 0.25) is 0 Å². The number of hydrogen-bond donors (Lipinski definition) is 1. The molecule has 2 heterocycles. The number of carbonyl (C=O) groups is 1. The van der Waals surface area contributed by atoms with Gasteiger partial charge in [-0.05, 0) is 45.7 Å². The van der Waals surface area contributed by atoms with Gasteiger partial charge in [-0.2, -0.15) is 0 Å². The van der Waals surface area contributed by atoms with Crippen molar-refractivity contribution in [1.82, 2.24) is 4.90 Å². The summed E-state index contributed by atoms with van der Waals surface area (Å²) in [5, 5.41) is 0. The molecule has 0 aliphatic carbocycles. The van der Waals surface area contributed by atoms with E-state index in [0.717, 1.165) is 50.5 Å². The first-order chi connectivity index (χ1) is 11.7. The van der Waals surface area contributed by atoms with Crippen LogP contribution in [0.5, 0.6) is 5.75 Å². The average Bonchev–Trinajstić information content (AvgIpc) is 2.52. The molecule has 0 radical (unpaired) electrons. The summed E-state index contributed by atoms with van der Waals surface area (Å²) in [6, 6.07) is 5.93. The summed E-state index contributed by atoms with van der Waals surface area (Å²) in [5.74, 6) is 0.721. The van der Waals surface area contributed by atoms with Crippen LogP contribution in [0.4, 0.5) is 16.2 Å². The molecule has 0 atom stereocenters. The zero-order chi connectivity index (χ0) is 18.2. The molecule has 0 aromatic heterocycles. The molecular weight excluding hydrogens is 318 g/mol. The van der Waals surface area contributed by atoms with Gasteiger partial charge in [0.1, 0.15) is 11.4 Å². The molecule has 138 valence electrons. The zero-order valence-electron chi connectivity index (χ0n) is 15.7. The van der Waals surface area contributed by atoms with Gasteiger partial charge >= 0.3 is 6.09 Å². The molecule has 2 aliphatic heterocycles. The highest BCUT2D eigenvalue weighted by Crippen LogP contribution is 2.43. The maximum atomic E-state index is 12.2. The van der Waals surface area contributed by atoms with Gasteiger partial charge in [0, 0.05) is 43.3 Å². The fraction of sp³-hybridized carbons (Fsp3) is 0.632. The predicted molar refractivity (Wildman–Crippen MR) is 99.1 cm³/mol. The molecule has 2 aliphatic rings. The van der Waals surface area contributed by atoms with Crippen molar-refractivity contribution in [3.05, 3.63) is 18.2 Å². The van der Waals surface area contributed by atoms with Gasteiger partial charge in [-0.3, -0.25) is 0 Å². The van der Waals surface area contributed by atoms with E-state index in [-0.39, 0.29) is 6.09 Å². The summed E-state index contributed by atoms with van der Waals surface area (Å²) in [5.41, 5.74) is 7.57. The molecule has 6 heteroatoms. The Morgan fingerprint density at radius 1 is 1.20 bits per heavy atom. The van der Waals surface area contributed by atoms with Crippen LogP contribution in [0, 0.1) is 5.41 Å². The number of benzene rings is 1. The van der Waals surface area contributed by atoms with Gasteiger partial charge in [0.25, 0.3) is 0 Å². The number of anilines is 2. The Morgan fingerprint density at radius 3 is 2.40 bits per heavy atom. The molecule has 1 amide bonds. The van der Waals surface area contributed by atoms with Crippen molar-refractivity contribution in [2.75, 3.05) is 43.9 Å². The molecule has 0 saturated carbocycles. The summed E-state index contributed by atoms with van der Waals surface area (Å²) in [6.45, 7) is 9.29. The van der Waals surface area contributed by atoms with E-state index < -0.39 is 5.60 Å². The van der Waals surface area contributed by atoms with E-state index in [9.17, 15) is 4.79 Å². The van der Waals surface area contributed by atoms with Crippen molar-refractivity contribution in [3.63, 3.8) is 0 Å². The van der Waals surface area contributed by atoms with Crippen molar-refractivity contribution >= 4 is 17.5 Å². The first kappa shape index (κ1) is 17.7. The maximum absolute atomic E-state index is 12.2. The number of nitrogens with two attached hydrogens (primary N) is 1. The van der Waals surface area contributed by atoms with Crippen LogP contribution in [-0.4, -0.2) is 49.9 Å². The number of ether oxygens (including phenoxy) is 2. The lowest BCUT2D eigenvalue weighted by molar-refractivity contribution is 0.00598. The Balaban J connectivity index is 1.54. The first-order valence-corrected chi connectivity index (χ1v) is 8.88. The number of methoxy groups -OCH3 is 1. The minimum absolute atomic E-state index is 0.193. The van der Waals surface area contributed by atoms with Crippen LogP contribution in [0.3, 0.4) is 0 Å². The van der Waals surface area contributed by atoms with Crippen LogP contribution in [0.15, 0.2) is 18.2 Å². The minimum Gasteiger partial charge on any atom is -0.495 e. The molecule has 1 aromatic rings. The van der Waals surface area contributed by atoms with Crippen LogP contribution in [-0.2, 0) is 4.74 Å². The monoisotopic (exact) mass is 347 g/mol. The lowest BCUT2D eigenvalue weighted by atomic mass is 9.72. The lowest BCUT2D eigenvalue weighted by Gasteiger charge is -2.55. The quantitative estimate of drug-likeness (QED) is 0.833. The van der Waals surface area contributed by atoms with Gasteiger partial charge in [-0.15, -0.1) is 0 Å². The molecule has 6 nitrogen and oxygen atoms in total. The fourth-order valence-corrected chi connectivity index (χ4v) is 3.65. The number of piperidine rings is 1. The summed E-state index contributed by atoms with van der Waals surface area (Å²) < 4.78 is 10.8. The Morgan fingerprint density at radius 2 is 1.84 bits per heavy atom. The molecule has 0 bridgehead atoms. The Labute approximate surface area is 149 Å². The predicted octanol–water partition coefficient (Wildman–Crippen LogP) is 3.11. The SMILES string of the molecule is COc1cc(N2CC3(CCN(C(=O)OC(C)(C)C)CC3)C2)ccc1N. The minimum atomic E-state index is -0.437. The maximum Gasteiger partial charge on any atom is 0.410 e. The zero-order valence-corrected chi connectivity index (χ0v) is 15.7. The second kappa shape index (κ2) is 6.32. The van der Waals surface area contributed by atoms with Crippen molar-refractivity contribution in [2.45, 2.75) is 39.2 Å². The fourth-order valence-electron chi connectivity index (χ4n) is 3.65. The van der Waals surface area contributed by atoms with Gasteiger partial charge in [-0.25, -0.2) is 4.79 Å². The van der Waals surface area contributed by atoms with Crippen LogP contribution in [0.25, 0.3) is 0 Å². The molecule has 25 heavy (non-hydrogen) atoms. The highest BCUT2D eigenvalue weighted by molar-refractivity contribution is 5.68. The van der Waals surface area contributed by atoms with E-state index in [1.54, 1.807) is 7.11 Å². The molecule has 0 unspecified atom stereocenters. The molecule has 1 aromatic carbocycles. The second-order valence-electron chi connectivity index (χ2n) is 8.25.